The van der Waals surface area contributed by atoms with Crippen LogP contribution in [0, 0.1) is 5.92 Å². The molecule has 3 heterocycles. The fraction of sp³-hybridized carbons (Fsp3) is 0.500. The normalized spacial score (nSPS) is 32.4. The van der Waals surface area contributed by atoms with Crippen molar-refractivity contribution in [1.82, 2.24) is 9.80 Å². The average molecular weight is 489 g/mol. The molecule has 1 saturated heterocycles. The third-order valence-corrected chi connectivity index (χ3v) is 9.01. The van der Waals surface area contributed by atoms with Gasteiger partial charge in [0.25, 0.3) is 0 Å². The van der Waals surface area contributed by atoms with Gasteiger partial charge in [0.15, 0.2) is 0 Å². The maximum absolute atomic E-state index is 13.7. The molecular formula is C30H36N2O4. The van der Waals surface area contributed by atoms with E-state index in [2.05, 4.69) is 37.5 Å². The van der Waals surface area contributed by atoms with E-state index >= 15 is 0 Å². The Bertz CT molecular complexity index is 1190. The van der Waals surface area contributed by atoms with Gasteiger partial charge in [0, 0.05) is 36.3 Å². The van der Waals surface area contributed by atoms with Crippen molar-refractivity contribution >= 4 is 12.0 Å². The molecule has 2 aliphatic carbocycles. The number of likely N-dealkylation sites (tertiary alicyclic amines) is 1. The Labute approximate surface area is 213 Å². The third-order valence-electron chi connectivity index (χ3n) is 9.01. The molecular weight excluding hydrogens is 452 g/mol. The quantitative estimate of drug-likeness (QED) is 0.468. The van der Waals surface area contributed by atoms with Crippen molar-refractivity contribution in [2.75, 3.05) is 19.6 Å². The van der Waals surface area contributed by atoms with Crippen LogP contribution in [-0.4, -0.2) is 64.2 Å². The van der Waals surface area contributed by atoms with Gasteiger partial charge < -0.3 is 19.2 Å². The first kappa shape index (κ1) is 23.6. The molecule has 1 aromatic heterocycles. The number of hydrogen-bond acceptors (Lipinski definition) is 5. The van der Waals surface area contributed by atoms with Crippen LogP contribution in [0.3, 0.4) is 0 Å². The number of carbonyl (C=O) groups is 1. The molecule has 0 radical (unpaired) electrons. The van der Waals surface area contributed by atoms with E-state index in [0.717, 1.165) is 37.2 Å². The van der Waals surface area contributed by atoms with Crippen molar-refractivity contribution < 1.29 is 19.1 Å². The Morgan fingerprint density at radius 3 is 2.94 bits per heavy atom. The van der Waals surface area contributed by atoms with Crippen LogP contribution in [0.4, 0.5) is 0 Å². The van der Waals surface area contributed by atoms with Crippen LogP contribution in [0.15, 0.2) is 59.9 Å². The molecule has 1 saturated carbocycles. The minimum absolute atomic E-state index is 0.0204. The van der Waals surface area contributed by atoms with Gasteiger partial charge in [-0.2, -0.15) is 0 Å². The minimum Gasteiger partial charge on any atom is -0.487 e. The zero-order chi connectivity index (χ0) is 25.1. The van der Waals surface area contributed by atoms with Crippen LogP contribution in [0.1, 0.15) is 49.8 Å². The largest absolute Gasteiger partial charge is 0.487 e. The molecule has 1 amide bonds. The van der Waals surface area contributed by atoms with E-state index < -0.39 is 11.0 Å². The second-order valence-corrected chi connectivity index (χ2v) is 11.4. The van der Waals surface area contributed by atoms with Gasteiger partial charge in [0.1, 0.15) is 11.9 Å². The van der Waals surface area contributed by atoms with Crippen LogP contribution >= 0.6 is 0 Å². The van der Waals surface area contributed by atoms with E-state index in [4.69, 9.17) is 9.15 Å². The fourth-order valence-electron chi connectivity index (χ4n) is 7.69. The van der Waals surface area contributed by atoms with Gasteiger partial charge in [-0.3, -0.25) is 9.69 Å². The van der Waals surface area contributed by atoms with Crippen LogP contribution in [0.25, 0.3) is 6.08 Å². The first-order chi connectivity index (χ1) is 17.4. The lowest BCUT2D eigenvalue weighted by Gasteiger charge is -2.64. The standard InChI is InChI=1S/C30H36N2O4/c1-4-14-31-15-13-29-27-22-6-5-7-24(27)36-28(29)23(10-12-30(29,34)25(31)17-22)32(18-20(2)3)26(33)9-8-21-11-16-35-19-21/h4-9,11,16,19-20,23,25,28,34H,1,10,12-15,17-18H2,2-3H3/b9-8+/t23-,25+,28-,29-,30+/m0/s1. The van der Waals surface area contributed by atoms with E-state index in [1.54, 1.807) is 18.6 Å². The van der Waals surface area contributed by atoms with Gasteiger partial charge >= 0.3 is 0 Å². The lowest BCUT2D eigenvalue weighted by molar-refractivity contribution is -0.199. The van der Waals surface area contributed by atoms with Crippen LogP contribution in [0.5, 0.6) is 5.75 Å². The Morgan fingerprint density at radius 1 is 1.33 bits per heavy atom. The first-order valence-corrected chi connectivity index (χ1v) is 13.3. The van der Waals surface area contributed by atoms with E-state index in [1.165, 1.54) is 11.1 Å². The van der Waals surface area contributed by atoms with Gasteiger partial charge in [0.2, 0.25) is 5.91 Å². The molecule has 36 heavy (non-hydrogen) atoms. The number of amides is 1. The lowest BCUT2D eigenvalue weighted by Crippen LogP contribution is -2.78. The van der Waals surface area contributed by atoms with E-state index in [-0.39, 0.29) is 24.1 Å². The minimum atomic E-state index is -0.895. The predicted molar refractivity (Wildman–Crippen MR) is 139 cm³/mol. The Kier molecular flexibility index (Phi) is 5.65. The summed E-state index contributed by atoms with van der Waals surface area (Å²) in [5.41, 5.74) is 1.94. The van der Waals surface area contributed by atoms with Crippen molar-refractivity contribution in [1.29, 1.82) is 0 Å². The Hall–Kier alpha value is -2.83. The predicted octanol–water partition coefficient (Wildman–Crippen LogP) is 4.19. The molecule has 6 rings (SSSR count). The number of benzene rings is 1. The molecule has 2 fully saturated rings. The van der Waals surface area contributed by atoms with E-state index in [0.29, 0.717) is 25.3 Å². The zero-order valence-corrected chi connectivity index (χ0v) is 21.2. The maximum atomic E-state index is 13.7. The molecule has 190 valence electrons. The Balaban J connectivity index is 1.42. The highest BCUT2D eigenvalue weighted by molar-refractivity contribution is 5.92. The molecule has 4 aliphatic rings. The summed E-state index contributed by atoms with van der Waals surface area (Å²) in [6, 6.07) is 8.07. The number of carbonyl (C=O) groups excluding carboxylic acids is 1. The van der Waals surface area contributed by atoms with E-state index in [1.807, 2.05) is 29.2 Å². The van der Waals surface area contributed by atoms with Crippen molar-refractivity contribution in [3.63, 3.8) is 0 Å². The molecule has 6 heteroatoms. The summed E-state index contributed by atoms with van der Waals surface area (Å²) in [4.78, 5) is 18.1. The molecule has 1 aromatic carbocycles. The fourth-order valence-corrected chi connectivity index (χ4v) is 7.69. The van der Waals surface area contributed by atoms with Crippen molar-refractivity contribution in [2.45, 2.75) is 68.7 Å². The highest BCUT2D eigenvalue weighted by Gasteiger charge is 2.73. The summed E-state index contributed by atoms with van der Waals surface area (Å²) in [6.45, 7) is 10.6. The second kappa shape index (κ2) is 8.63. The summed E-state index contributed by atoms with van der Waals surface area (Å²) in [5, 5.41) is 12.6. The maximum Gasteiger partial charge on any atom is 0.246 e. The SMILES string of the molecule is C=CCN1CC[C@]23c4c5cccc4O[C@H]2[C@@H](N(CC(C)C)C(=O)/C=C/c2ccoc2)CC[C@@]3(O)[C@H]1C5. The summed E-state index contributed by atoms with van der Waals surface area (Å²) >= 11 is 0. The molecule has 2 aliphatic heterocycles. The van der Waals surface area contributed by atoms with E-state index in [9.17, 15) is 9.90 Å². The van der Waals surface area contributed by atoms with Crippen LogP contribution < -0.4 is 4.74 Å². The molecule has 5 atom stereocenters. The number of nitrogens with zero attached hydrogens (tertiary/aromatic N) is 2. The van der Waals surface area contributed by atoms with Gasteiger partial charge in [-0.25, -0.2) is 0 Å². The number of piperidine rings is 1. The summed E-state index contributed by atoms with van der Waals surface area (Å²) in [5.74, 6) is 1.18. The van der Waals surface area contributed by atoms with Gasteiger partial charge in [-0.05, 0) is 61.9 Å². The smallest absolute Gasteiger partial charge is 0.246 e. The Morgan fingerprint density at radius 2 is 2.19 bits per heavy atom. The van der Waals surface area contributed by atoms with Crippen molar-refractivity contribution in [2.24, 2.45) is 5.92 Å². The zero-order valence-electron chi connectivity index (χ0n) is 21.2. The second-order valence-electron chi connectivity index (χ2n) is 11.4. The highest BCUT2D eigenvalue weighted by atomic mass is 16.5. The molecule has 0 unspecified atom stereocenters. The molecule has 1 N–H and O–H groups in total. The van der Waals surface area contributed by atoms with Gasteiger partial charge in [0.05, 0.1) is 29.6 Å². The highest BCUT2D eigenvalue weighted by Crippen LogP contribution is 2.64. The first-order valence-electron chi connectivity index (χ1n) is 13.3. The molecule has 1 spiro atoms. The molecule has 6 nitrogen and oxygen atoms in total. The van der Waals surface area contributed by atoms with Crippen LogP contribution in [-0.2, 0) is 16.6 Å². The summed E-state index contributed by atoms with van der Waals surface area (Å²) in [6.07, 6.45) is 11.4. The molecule has 2 bridgehead atoms. The lowest BCUT2D eigenvalue weighted by atomic mass is 9.48. The summed E-state index contributed by atoms with van der Waals surface area (Å²) < 4.78 is 11.9. The number of aliphatic hydroxyl groups is 1. The number of hydrogen-bond donors (Lipinski definition) is 1. The number of ether oxygens (including phenoxy) is 1. The topological polar surface area (TPSA) is 66.2 Å². The average Bonchev–Trinajstić information content (AvgIpc) is 3.48. The van der Waals surface area contributed by atoms with Crippen LogP contribution in [0.2, 0.25) is 0 Å². The monoisotopic (exact) mass is 488 g/mol. The number of rotatable bonds is 7. The van der Waals surface area contributed by atoms with Gasteiger partial charge in [-0.1, -0.05) is 32.1 Å². The number of furan rings is 1. The summed E-state index contributed by atoms with van der Waals surface area (Å²) in [7, 11) is 0. The molecule has 2 aromatic rings. The van der Waals surface area contributed by atoms with Gasteiger partial charge in [-0.15, -0.1) is 6.58 Å². The third kappa shape index (κ3) is 3.27. The van der Waals surface area contributed by atoms with Crippen molar-refractivity contribution in [3.8, 4) is 5.75 Å². The van der Waals surface area contributed by atoms with Crippen molar-refractivity contribution in [3.05, 3.63) is 72.2 Å².